The topological polar surface area (TPSA) is 78.4 Å². The Kier molecular flexibility index (Phi) is 8.25. The van der Waals surface area contributed by atoms with E-state index in [1.165, 1.54) is 0 Å². The van der Waals surface area contributed by atoms with Gasteiger partial charge in [-0.25, -0.2) is 0 Å². The minimum atomic E-state index is -6.43. The number of amides is 2. The van der Waals surface area contributed by atoms with Crippen LogP contribution in [0.3, 0.4) is 0 Å². The number of aliphatic hydroxyl groups is 1. The van der Waals surface area contributed by atoms with Gasteiger partial charge in [-0.3, -0.25) is 9.59 Å². The Bertz CT molecular complexity index is 596. The molecule has 0 aromatic carbocycles. The van der Waals surface area contributed by atoms with E-state index in [-0.39, 0.29) is 0 Å². The predicted molar refractivity (Wildman–Crippen MR) is 73.4 cm³/mol. The first-order chi connectivity index (χ1) is 12.9. The van der Waals surface area contributed by atoms with Crippen LogP contribution in [0.4, 0.5) is 52.7 Å². The molecule has 0 saturated carbocycles. The fourth-order valence-electron chi connectivity index (χ4n) is 1.36. The number of aliphatic hydroxyl groups excluding tert-OH is 1. The van der Waals surface area contributed by atoms with Crippen LogP contribution in [0.2, 0.25) is 0 Å². The van der Waals surface area contributed by atoms with E-state index >= 15 is 0 Å². The molecular weight excluding hydrogens is 507 g/mol. The van der Waals surface area contributed by atoms with Crippen molar-refractivity contribution in [1.29, 1.82) is 0 Å². The van der Waals surface area contributed by atoms with E-state index in [4.69, 9.17) is 5.11 Å². The van der Waals surface area contributed by atoms with Crippen molar-refractivity contribution in [1.82, 2.24) is 10.6 Å². The number of rotatable bonds is 10. The fourth-order valence-corrected chi connectivity index (χ4v) is 1.59. The Morgan fingerprint density at radius 2 is 0.900 bits per heavy atom. The summed E-state index contributed by atoms with van der Waals surface area (Å²) < 4.78 is 153. The normalized spacial score (nSPS) is 14.7. The molecule has 0 radical (unpaired) electrons. The van der Waals surface area contributed by atoms with Gasteiger partial charge in [0.25, 0.3) is 11.8 Å². The summed E-state index contributed by atoms with van der Waals surface area (Å²) in [6.45, 7) is -3.21. The second-order valence-electron chi connectivity index (χ2n) is 5.37. The summed E-state index contributed by atoms with van der Waals surface area (Å²) in [6.07, 6.45) is -2.44. The summed E-state index contributed by atoms with van der Waals surface area (Å²) in [6, 6.07) is 0. The van der Waals surface area contributed by atoms with Crippen molar-refractivity contribution >= 4 is 35.0 Å². The molecule has 2 amide bonds. The lowest BCUT2D eigenvalue weighted by Gasteiger charge is -2.29. The van der Waals surface area contributed by atoms with Gasteiger partial charge in [-0.2, -0.15) is 52.7 Å². The second-order valence-corrected chi connectivity index (χ2v) is 6.32. The lowest BCUT2D eigenvalue weighted by Crippen LogP contribution is -2.61. The molecule has 178 valence electrons. The van der Waals surface area contributed by atoms with Crippen LogP contribution in [0.15, 0.2) is 0 Å². The lowest BCUT2D eigenvalue weighted by atomic mass is 10.1. The molecule has 3 N–H and O–H groups in total. The summed E-state index contributed by atoms with van der Waals surface area (Å²) in [4.78, 5) is 21.9. The van der Waals surface area contributed by atoms with Crippen molar-refractivity contribution in [2.24, 2.45) is 0 Å². The Morgan fingerprint density at radius 3 is 1.10 bits per heavy atom. The Labute approximate surface area is 167 Å². The largest absolute Gasteiger partial charge is 0.395 e. The van der Waals surface area contributed by atoms with Crippen LogP contribution in [0, 0.1) is 0 Å². The molecule has 5 nitrogen and oxygen atoms in total. The van der Waals surface area contributed by atoms with Crippen LogP contribution in [0.5, 0.6) is 0 Å². The third kappa shape index (κ3) is 5.46. The molecule has 0 spiro atoms. The van der Waals surface area contributed by atoms with E-state index in [9.17, 15) is 62.3 Å². The average molecular weight is 515 g/mol. The smallest absolute Gasteiger partial charge is 0.389 e. The van der Waals surface area contributed by atoms with Crippen LogP contribution in [0.25, 0.3) is 0 Å². The van der Waals surface area contributed by atoms with Crippen LogP contribution < -0.4 is 10.6 Å². The van der Waals surface area contributed by atoms with Crippen molar-refractivity contribution < 1.29 is 67.4 Å². The standard InChI is InChI=1S/C11H8Cl2F12N2O3/c12-10(22,23)8(18,19)6(14,15)4(29)26-1-3(28)2-27-5(30)7(16,17)9(20,21)11(13,24)25/h3,28H,1-2H2,(H,26,29)(H,27,30). The van der Waals surface area contributed by atoms with E-state index in [1.54, 1.807) is 0 Å². The highest BCUT2D eigenvalue weighted by Gasteiger charge is 2.75. The zero-order valence-electron chi connectivity index (χ0n) is 13.5. The molecule has 19 heteroatoms. The van der Waals surface area contributed by atoms with Crippen molar-refractivity contribution in [3.63, 3.8) is 0 Å². The molecule has 0 atom stereocenters. The Balaban J connectivity index is 4.98. The van der Waals surface area contributed by atoms with E-state index in [1.807, 2.05) is 0 Å². The van der Waals surface area contributed by atoms with E-state index in [0.29, 0.717) is 0 Å². The first-order valence-electron chi connectivity index (χ1n) is 6.84. The molecule has 0 unspecified atom stereocenters. The summed E-state index contributed by atoms with van der Waals surface area (Å²) in [5.74, 6) is -31.4. The van der Waals surface area contributed by atoms with E-state index in [2.05, 4.69) is 23.2 Å². The highest BCUT2D eigenvalue weighted by atomic mass is 35.5. The van der Waals surface area contributed by atoms with Crippen molar-refractivity contribution in [2.45, 2.75) is 40.6 Å². The zero-order valence-corrected chi connectivity index (χ0v) is 15.1. The third-order valence-corrected chi connectivity index (χ3v) is 3.54. The minimum absolute atomic E-state index is 0.779. The number of nitrogens with one attached hydrogen (secondary N) is 2. The van der Waals surface area contributed by atoms with Gasteiger partial charge in [0.1, 0.15) is 0 Å². The van der Waals surface area contributed by atoms with Crippen LogP contribution >= 0.6 is 23.2 Å². The maximum absolute atomic E-state index is 13.1. The van der Waals surface area contributed by atoms with E-state index in [0.717, 1.165) is 10.6 Å². The Morgan fingerprint density at radius 1 is 0.667 bits per heavy atom. The molecule has 0 aliphatic heterocycles. The molecule has 0 aromatic rings. The van der Waals surface area contributed by atoms with Gasteiger partial charge in [0.2, 0.25) is 0 Å². The summed E-state index contributed by atoms with van der Waals surface area (Å²) in [7, 11) is 0. The maximum atomic E-state index is 13.1. The third-order valence-electron chi connectivity index (χ3n) is 3.07. The van der Waals surface area contributed by atoms with Gasteiger partial charge in [-0.05, 0) is 23.2 Å². The highest BCUT2D eigenvalue weighted by molar-refractivity contribution is 6.23. The number of halogens is 14. The second kappa shape index (κ2) is 8.64. The highest BCUT2D eigenvalue weighted by Crippen LogP contribution is 2.48. The van der Waals surface area contributed by atoms with Crippen molar-refractivity contribution in [3.8, 4) is 0 Å². The van der Waals surface area contributed by atoms with Gasteiger partial charge >= 0.3 is 34.5 Å². The van der Waals surface area contributed by atoms with E-state index < -0.39 is 65.5 Å². The number of hydrogen-bond acceptors (Lipinski definition) is 3. The summed E-state index contributed by atoms with van der Waals surface area (Å²) >= 11 is 7.55. The average Bonchev–Trinajstić information content (AvgIpc) is 2.54. The van der Waals surface area contributed by atoms with Gasteiger partial charge in [0.15, 0.2) is 0 Å². The maximum Gasteiger partial charge on any atom is 0.395 e. The SMILES string of the molecule is O=C(NCC(O)CNC(=O)C(F)(F)C(F)(F)C(F)(F)Cl)C(F)(F)C(F)(F)C(F)(F)Cl. The first-order valence-corrected chi connectivity index (χ1v) is 7.59. The fraction of sp³-hybridized carbons (Fsp3) is 0.818. The Hall–Kier alpha value is -1.36. The molecule has 0 aromatic heterocycles. The zero-order chi connectivity index (χ0) is 24.6. The van der Waals surface area contributed by atoms with Gasteiger partial charge in [-0.15, -0.1) is 0 Å². The number of alkyl halides is 14. The van der Waals surface area contributed by atoms with Crippen LogP contribution in [-0.2, 0) is 9.59 Å². The molecule has 30 heavy (non-hydrogen) atoms. The molecule has 0 aliphatic carbocycles. The van der Waals surface area contributed by atoms with Gasteiger partial charge in [0.05, 0.1) is 6.10 Å². The van der Waals surface area contributed by atoms with Gasteiger partial charge < -0.3 is 15.7 Å². The molecule has 0 bridgehead atoms. The molecule has 0 heterocycles. The molecular formula is C11H8Cl2F12N2O3. The monoisotopic (exact) mass is 514 g/mol. The van der Waals surface area contributed by atoms with Crippen molar-refractivity contribution in [2.75, 3.05) is 13.1 Å². The number of hydrogen-bond donors (Lipinski definition) is 3. The molecule has 0 fully saturated rings. The van der Waals surface area contributed by atoms with Gasteiger partial charge in [0, 0.05) is 13.1 Å². The number of carbonyl (C=O) groups is 2. The van der Waals surface area contributed by atoms with Crippen LogP contribution in [0.1, 0.15) is 0 Å². The first kappa shape index (κ1) is 28.6. The molecule has 0 rings (SSSR count). The van der Waals surface area contributed by atoms with Crippen LogP contribution in [-0.4, -0.2) is 70.6 Å². The minimum Gasteiger partial charge on any atom is -0.389 e. The summed E-state index contributed by atoms with van der Waals surface area (Å²) in [5.41, 5.74) is 0. The lowest BCUT2D eigenvalue weighted by molar-refractivity contribution is -0.269. The molecule has 0 aliphatic rings. The number of carbonyl (C=O) groups excluding carboxylic acids is 2. The summed E-state index contributed by atoms with van der Waals surface area (Å²) in [5, 5.41) is -1.08. The molecule has 0 saturated heterocycles. The van der Waals surface area contributed by atoms with Crippen molar-refractivity contribution in [3.05, 3.63) is 0 Å². The quantitative estimate of drug-likeness (QED) is 0.310. The van der Waals surface area contributed by atoms with Gasteiger partial charge in [-0.1, -0.05) is 0 Å². The predicted octanol–water partition coefficient (Wildman–Crippen LogP) is 2.78.